The molecule has 0 saturated heterocycles. The van der Waals surface area contributed by atoms with E-state index in [1.165, 1.54) is 11.3 Å². The first kappa shape index (κ1) is 23.2. The maximum absolute atomic E-state index is 14.1. The summed E-state index contributed by atoms with van der Waals surface area (Å²) >= 11 is 1.52. The van der Waals surface area contributed by atoms with Crippen molar-refractivity contribution in [3.8, 4) is 0 Å². The number of nitrogens with zero attached hydrogens (tertiary/aromatic N) is 4. The topological polar surface area (TPSA) is 80.1 Å². The molecule has 2 aromatic heterocycles. The molecule has 8 heteroatoms. The lowest BCUT2D eigenvalue weighted by molar-refractivity contribution is -0.127. The van der Waals surface area contributed by atoms with Crippen molar-refractivity contribution in [3.05, 3.63) is 76.5 Å². The van der Waals surface area contributed by atoms with Gasteiger partial charge in [-0.3, -0.25) is 14.5 Å². The third-order valence-electron chi connectivity index (χ3n) is 6.67. The van der Waals surface area contributed by atoms with Gasteiger partial charge < -0.3 is 5.32 Å². The minimum absolute atomic E-state index is 0.0179. The maximum Gasteiger partial charge on any atom is 0.249 e. The molecule has 0 aliphatic heterocycles. The number of hydrogen-bond donors (Lipinski definition) is 1. The van der Waals surface area contributed by atoms with Gasteiger partial charge >= 0.3 is 0 Å². The molecular weight excluding hydrogens is 458 g/mol. The molecule has 1 saturated carbocycles. The number of carbonyl (C=O) groups excluding carboxylic acids is 2. The lowest BCUT2D eigenvalue weighted by Gasteiger charge is -2.33. The highest BCUT2D eigenvalue weighted by Crippen LogP contribution is 2.33. The number of thiophene rings is 1. The first-order chi connectivity index (χ1) is 17.2. The quantitative estimate of drug-likeness (QED) is 0.384. The van der Waals surface area contributed by atoms with Crippen molar-refractivity contribution < 1.29 is 9.59 Å². The molecular formula is C27H29N5O2S. The Morgan fingerprint density at radius 3 is 2.66 bits per heavy atom. The van der Waals surface area contributed by atoms with E-state index in [9.17, 15) is 9.59 Å². The Hall–Kier alpha value is -3.52. The molecule has 0 radical (unpaired) electrons. The largest absolute Gasteiger partial charge is 0.351 e. The van der Waals surface area contributed by atoms with Crippen LogP contribution in [-0.4, -0.2) is 32.9 Å². The number of amides is 2. The summed E-state index contributed by atoms with van der Waals surface area (Å²) in [5.74, 6) is -0.350. The Labute approximate surface area is 208 Å². The van der Waals surface area contributed by atoms with Crippen LogP contribution in [0.25, 0.3) is 11.0 Å². The molecule has 0 bridgehead atoms. The number of hydrogen-bond acceptors (Lipinski definition) is 5. The number of aromatic nitrogens is 3. The Morgan fingerprint density at radius 2 is 1.89 bits per heavy atom. The van der Waals surface area contributed by atoms with Gasteiger partial charge in [-0.05, 0) is 65.4 Å². The van der Waals surface area contributed by atoms with Crippen LogP contribution in [0.5, 0.6) is 0 Å². The molecule has 5 rings (SSSR count). The summed E-state index contributed by atoms with van der Waals surface area (Å²) in [7, 11) is 0. The van der Waals surface area contributed by atoms with E-state index in [-0.39, 0.29) is 24.4 Å². The van der Waals surface area contributed by atoms with Crippen LogP contribution in [0.4, 0.5) is 5.69 Å². The molecule has 1 atom stereocenters. The first-order valence-electron chi connectivity index (χ1n) is 12.2. The van der Waals surface area contributed by atoms with Crippen molar-refractivity contribution in [1.29, 1.82) is 0 Å². The van der Waals surface area contributed by atoms with E-state index < -0.39 is 6.04 Å². The predicted molar refractivity (Wildman–Crippen MR) is 138 cm³/mol. The molecule has 35 heavy (non-hydrogen) atoms. The van der Waals surface area contributed by atoms with E-state index in [2.05, 4.69) is 22.6 Å². The zero-order valence-electron chi connectivity index (χ0n) is 19.8. The van der Waals surface area contributed by atoms with Gasteiger partial charge in [0.05, 0.1) is 5.52 Å². The second kappa shape index (κ2) is 10.4. The van der Waals surface area contributed by atoms with E-state index in [0.29, 0.717) is 0 Å². The summed E-state index contributed by atoms with van der Waals surface area (Å²) in [6.45, 7) is 2.04. The smallest absolute Gasteiger partial charge is 0.249 e. The van der Waals surface area contributed by atoms with E-state index in [4.69, 9.17) is 0 Å². The average Bonchev–Trinajstić information content (AvgIpc) is 3.66. The Bertz CT molecular complexity index is 1310. The number of benzene rings is 2. The number of para-hydroxylation sites is 2. The van der Waals surface area contributed by atoms with Crippen molar-refractivity contribution in [2.24, 2.45) is 0 Å². The SMILES string of the molecule is CCc1ccccc1N(C(=O)Cn1nnc2ccccc21)C(C(=O)NC1CCCC1)c1ccsc1. The zero-order chi connectivity index (χ0) is 24.2. The van der Waals surface area contributed by atoms with Crippen LogP contribution in [0.3, 0.4) is 0 Å². The fourth-order valence-electron chi connectivity index (χ4n) is 4.90. The van der Waals surface area contributed by atoms with E-state index in [1.54, 1.807) is 9.58 Å². The van der Waals surface area contributed by atoms with E-state index in [1.807, 2.05) is 65.4 Å². The van der Waals surface area contributed by atoms with Gasteiger partial charge in [-0.1, -0.05) is 55.3 Å². The predicted octanol–water partition coefficient (Wildman–Crippen LogP) is 4.89. The lowest BCUT2D eigenvalue weighted by atomic mass is 10.0. The molecule has 1 aliphatic rings. The zero-order valence-corrected chi connectivity index (χ0v) is 20.6. The summed E-state index contributed by atoms with van der Waals surface area (Å²) < 4.78 is 1.61. The molecule has 1 unspecified atom stereocenters. The van der Waals surface area contributed by atoms with Crippen LogP contribution in [0.15, 0.2) is 65.4 Å². The van der Waals surface area contributed by atoms with Crippen molar-refractivity contribution in [2.45, 2.75) is 57.7 Å². The summed E-state index contributed by atoms with van der Waals surface area (Å²) in [6, 6.07) is 16.7. The van der Waals surface area contributed by atoms with Crippen molar-refractivity contribution in [3.63, 3.8) is 0 Å². The first-order valence-corrected chi connectivity index (χ1v) is 13.1. The minimum atomic E-state index is -0.767. The second-order valence-corrected chi connectivity index (χ2v) is 9.71. The molecule has 2 aromatic carbocycles. The van der Waals surface area contributed by atoms with E-state index in [0.717, 1.165) is 60.0 Å². The molecule has 1 fully saturated rings. The highest BCUT2D eigenvalue weighted by atomic mass is 32.1. The Balaban J connectivity index is 1.57. The van der Waals surface area contributed by atoms with Crippen LogP contribution in [-0.2, 0) is 22.6 Å². The van der Waals surface area contributed by atoms with Crippen LogP contribution in [0, 0.1) is 0 Å². The third-order valence-corrected chi connectivity index (χ3v) is 7.37. The van der Waals surface area contributed by atoms with Gasteiger partial charge in [0, 0.05) is 11.7 Å². The summed E-state index contributed by atoms with van der Waals surface area (Å²) in [5.41, 5.74) is 4.09. The van der Waals surface area contributed by atoms with Gasteiger partial charge in [0.1, 0.15) is 18.1 Å². The molecule has 0 spiro atoms. The van der Waals surface area contributed by atoms with Crippen molar-refractivity contribution in [2.75, 3.05) is 4.90 Å². The third kappa shape index (κ3) is 4.84. The highest BCUT2D eigenvalue weighted by Gasteiger charge is 2.35. The van der Waals surface area contributed by atoms with Crippen LogP contribution in [0.2, 0.25) is 0 Å². The highest BCUT2D eigenvalue weighted by molar-refractivity contribution is 7.08. The second-order valence-electron chi connectivity index (χ2n) is 8.93. The number of nitrogens with one attached hydrogen (secondary N) is 1. The molecule has 180 valence electrons. The monoisotopic (exact) mass is 487 g/mol. The number of fused-ring (bicyclic) bond motifs is 1. The van der Waals surface area contributed by atoms with E-state index >= 15 is 0 Å². The fourth-order valence-corrected chi connectivity index (χ4v) is 5.58. The molecule has 1 aliphatic carbocycles. The number of aryl methyl sites for hydroxylation is 1. The number of rotatable bonds is 8. The van der Waals surface area contributed by atoms with Gasteiger partial charge in [0.15, 0.2) is 0 Å². The average molecular weight is 488 g/mol. The molecule has 2 heterocycles. The molecule has 1 N–H and O–H groups in total. The molecule has 7 nitrogen and oxygen atoms in total. The van der Waals surface area contributed by atoms with Crippen LogP contribution >= 0.6 is 11.3 Å². The Kier molecular flexibility index (Phi) is 6.90. The normalized spacial score (nSPS) is 14.8. The minimum Gasteiger partial charge on any atom is -0.351 e. The number of anilines is 1. The summed E-state index contributed by atoms with van der Waals surface area (Å²) in [4.78, 5) is 29.5. The Morgan fingerprint density at radius 1 is 1.11 bits per heavy atom. The van der Waals surface area contributed by atoms with Gasteiger partial charge in [0.2, 0.25) is 11.8 Å². The number of carbonyl (C=O) groups is 2. The standard InChI is InChI=1S/C27H29N5O2S/c1-2-19-9-3-7-13-23(19)32(25(33)17-31-24-14-8-6-12-22(24)29-30-31)26(20-15-16-35-18-20)27(34)28-21-10-4-5-11-21/h3,6-9,12-16,18,21,26H,2,4-5,10-11,17H2,1H3,(H,28,34). The van der Waals surface area contributed by atoms with Crippen molar-refractivity contribution in [1.82, 2.24) is 20.3 Å². The maximum atomic E-state index is 14.1. The van der Waals surface area contributed by atoms with Gasteiger partial charge in [0.25, 0.3) is 0 Å². The van der Waals surface area contributed by atoms with Crippen LogP contribution in [0.1, 0.15) is 49.8 Å². The van der Waals surface area contributed by atoms with Crippen LogP contribution < -0.4 is 10.2 Å². The van der Waals surface area contributed by atoms with Gasteiger partial charge in [-0.2, -0.15) is 11.3 Å². The molecule has 2 amide bonds. The summed E-state index contributed by atoms with van der Waals surface area (Å²) in [5, 5.41) is 15.6. The summed E-state index contributed by atoms with van der Waals surface area (Å²) in [6.07, 6.45) is 4.94. The fraction of sp³-hybridized carbons (Fsp3) is 0.333. The van der Waals surface area contributed by atoms with Gasteiger partial charge in [-0.15, -0.1) is 5.10 Å². The van der Waals surface area contributed by atoms with Crippen molar-refractivity contribution >= 4 is 39.9 Å². The lowest BCUT2D eigenvalue weighted by Crippen LogP contribution is -2.47. The van der Waals surface area contributed by atoms with Gasteiger partial charge in [-0.25, -0.2) is 4.68 Å². The molecule has 4 aromatic rings.